The first-order valence-corrected chi connectivity index (χ1v) is 5.24. The highest BCUT2D eigenvalue weighted by Crippen LogP contribution is 2.28. The van der Waals surface area contributed by atoms with E-state index >= 15 is 0 Å². The van der Waals surface area contributed by atoms with Gasteiger partial charge < -0.3 is 10.2 Å². The molecule has 2 aliphatic heterocycles. The molecular weight excluding hydrogens is 255 g/mol. The number of hydrogen-bond donors (Lipinski definition) is 2. The standard InChI is InChI=1S/C9H10F3N3O3/c10-9(11,12)6(17)15-3-1-8(2-4-15)5(16)13-7(18)14-8/h1-4H2,(H2,13,14,16,18). The lowest BCUT2D eigenvalue weighted by molar-refractivity contribution is -0.187. The maximum Gasteiger partial charge on any atom is 0.471 e. The number of rotatable bonds is 0. The molecule has 9 heteroatoms. The van der Waals surface area contributed by atoms with Crippen LogP contribution in [0, 0.1) is 0 Å². The Morgan fingerprint density at radius 1 is 1.22 bits per heavy atom. The molecule has 100 valence electrons. The van der Waals surface area contributed by atoms with E-state index in [4.69, 9.17) is 0 Å². The summed E-state index contributed by atoms with van der Waals surface area (Å²) in [7, 11) is 0. The summed E-state index contributed by atoms with van der Waals surface area (Å²) in [6, 6.07) is -0.657. The van der Waals surface area contributed by atoms with E-state index < -0.39 is 29.6 Å². The van der Waals surface area contributed by atoms with Crippen molar-refractivity contribution >= 4 is 17.8 Å². The molecule has 2 aliphatic rings. The summed E-state index contributed by atoms with van der Waals surface area (Å²) in [6.45, 7) is -0.432. The summed E-state index contributed by atoms with van der Waals surface area (Å²) >= 11 is 0. The molecule has 2 heterocycles. The van der Waals surface area contributed by atoms with Crippen molar-refractivity contribution in [2.45, 2.75) is 24.6 Å². The molecule has 0 unspecified atom stereocenters. The van der Waals surface area contributed by atoms with Crippen molar-refractivity contribution in [3.63, 3.8) is 0 Å². The number of imide groups is 1. The Hall–Kier alpha value is -1.80. The molecule has 2 fully saturated rings. The SMILES string of the molecule is O=C1NC(=O)C2(CCN(C(=O)C(F)(F)F)CC2)N1. The summed E-state index contributed by atoms with van der Waals surface area (Å²) < 4.78 is 36.6. The first-order valence-electron chi connectivity index (χ1n) is 5.24. The zero-order valence-corrected chi connectivity index (χ0v) is 9.13. The second-order valence-corrected chi connectivity index (χ2v) is 4.28. The summed E-state index contributed by atoms with van der Waals surface area (Å²) in [6.07, 6.45) is -4.95. The molecule has 0 aromatic carbocycles. The zero-order valence-electron chi connectivity index (χ0n) is 9.13. The van der Waals surface area contributed by atoms with Gasteiger partial charge in [-0.1, -0.05) is 0 Å². The average molecular weight is 265 g/mol. The Balaban J connectivity index is 2.03. The molecule has 2 rings (SSSR count). The monoisotopic (exact) mass is 265 g/mol. The third kappa shape index (κ3) is 2.00. The Morgan fingerprint density at radius 3 is 2.17 bits per heavy atom. The highest BCUT2D eigenvalue weighted by molar-refractivity contribution is 6.07. The predicted octanol–water partition coefficient (Wildman–Crippen LogP) is -0.251. The number of amides is 4. The third-order valence-corrected chi connectivity index (χ3v) is 3.16. The minimum absolute atomic E-state index is 0.0214. The second kappa shape index (κ2) is 3.85. The first kappa shape index (κ1) is 12.7. The molecule has 2 N–H and O–H groups in total. The number of nitrogens with zero attached hydrogens (tertiary/aromatic N) is 1. The molecule has 1 spiro atoms. The van der Waals surface area contributed by atoms with Crippen LogP contribution < -0.4 is 10.6 Å². The third-order valence-electron chi connectivity index (χ3n) is 3.16. The van der Waals surface area contributed by atoms with E-state index in [0.717, 1.165) is 0 Å². The Bertz CT molecular complexity index is 413. The summed E-state index contributed by atoms with van der Waals surface area (Å²) in [5.41, 5.74) is -1.17. The normalized spacial score (nSPS) is 22.9. The van der Waals surface area contributed by atoms with E-state index in [2.05, 4.69) is 5.32 Å². The number of alkyl halides is 3. The van der Waals surface area contributed by atoms with Gasteiger partial charge in [0.05, 0.1) is 0 Å². The van der Waals surface area contributed by atoms with Crippen LogP contribution in [0.1, 0.15) is 12.8 Å². The summed E-state index contributed by atoms with van der Waals surface area (Å²) in [5.74, 6) is -2.46. The van der Waals surface area contributed by atoms with Gasteiger partial charge in [0.15, 0.2) is 0 Å². The molecule has 0 bridgehead atoms. The van der Waals surface area contributed by atoms with Crippen LogP contribution in [0.4, 0.5) is 18.0 Å². The lowest BCUT2D eigenvalue weighted by atomic mass is 9.87. The zero-order chi connectivity index (χ0) is 13.6. The lowest BCUT2D eigenvalue weighted by Gasteiger charge is -2.37. The van der Waals surface area contributed by atoms with Crippen molar-refractivity contribution in [2.24, 2.45) is 0 Å². The number of carbonyl (C=O) groups is 3. The van der Waals surface area contributed by atoms with Crippen LogP contribution in [0.2, 0.25) is 0 Å². The van der Waals surface area contributed by atoms with Crippen LogP contribution in [-0.4, -0.2) is 47.6 Å². The van der Waals surface area contributed by atoms with Crippen LogP contribution >= 0.6 is 0 Å². The minimum Gasteiger partial charge on any atom is -0.335 e. The van der Waals surface area contributed by atoms with Crippen LogP contribution in [-0.2, 0) is 9.59 Å². The van der Waals surface area contributed by atoms with Gasteiger partial charge in [-0.05, 0) is 12.8 Å². The van der Waals surface area contributed by atoms with E-state index in [0.29, 0.717) is 4.90 Å². The summed E-state index contributed by atoms with van der Waals surface area (Å²) in [5, 5.41) is 4.44. The summed E-state index contributed by atoms with van der Waals surface area (Å²) in [4.78, 5) is 34.1. The molecule has 0 aliphatic carbocycles. The van der Waals surface area contributed by atoms with Crippen LogP contribution in [0.5, 0.6) is 0 Å². The maximum absolute atomic E-state index is 12.2. The number of halogens is 3. The molecule has 4 amide bonds. The highest BCUT2D eigenvalue weighted by atomic mass is 19.4. The van der Waals surface area contributed by atoms with Gasteiger partial charge >= 0.3 is 18.1 Å². The Kier molecular flexibility index (Phi) is 2.71. The van der Waals surface area contributed by atoms with Gasteiger partial charge in [-0.2, -0.15) is 13.2 Å². The highest BCUT2D eigenvalue weighted by Gasteiger charge is 2.51. The fourth-order valence-corrected chi connectivity index (χ4v) is 2.15. The second-order valence-electron chi connectivity index (χ2n) is 4.28. The van der Waals surface area contributed by atoms with E-state index in [1.54, 1.807) is 0 Å². The minimum atomic E-state index is -4.91. The van der Waals surface area contributed by atoms with Gasteiger partial charge in [-0.15, -0.1) is 0 Å². The molecule has 0 aromatic heterocycles. The van der Waals surface area contributed by atoms with Crippen molar-refractivity contribution in [1.82, 2.24) is 15.5 Å². The van der Waals surface area contributed by atoms with E-state index in [1.165, 1.54) is 0 Å². The largest absolute Gasteiger partial charge is 0.471 e. The smallest absolute Gasteiger partial charge is 0.335 e. The number of likely N-dealkylation sites (tertiary alicyclic amines) is 1. The van der Waals surface area contributed by atoms with Gasteiger partial charge in [-0.25, -0.2) is 4.79 Å². The van der Waals surface area contributed by atoms with Gasteiger partial charge in [0, 0.05) is 13.1 Å². The van der Waals surface area contributed by atoms with Gasteiger partial charge in [0.2, 0.25) is 0 Å². The number of urea groups is 1. The van der Waals surface area contributed by atoms with Crippen molar-refractivity contribution < 1.29 is 27.6 Å². The van der Waals surface area contributed by atoms with Crippen molar-refractivity contribution in [3.05, 3.63) is 0 Å². The number of carbonyl (C=O) groups excluding carboxylic acids is 3. The predicted molar refractivity (Wildman–Crippen MR) is 51.3 cm³/mol. The molecule has 0 atom stereocenters. The van der Waals surface area contributed by atoms with Crippen LogP contribution in [0.25, 0.3) is 0 Å². The van der Waals surface area contributed by atoms with Crippen molar-refractivity contribution in [3.8, 4) is 0 Å². The quantitative estimate of drug-likeness (QED) is 0.593. The molecule has 0 saturated carbocycles. The molecule has 18 heavy (non-hydrogen) atoms. The maximum atomic E-state index is 12.2. The van der Waals surface area contributed by atoms with Crippen molar-refractivity contribution in [1.29, 1.82) is 0 Å². The molecule has 0 radical (unpaired) electrons. The molecular formula is C9H10F3N3O3. The molecule has 2 saturated heterocycles. The van der Waals surface area contributed by atoms with E-state index in [9.17, 15) is 27.6 Å². The van der Waals surface area contributed by atoms with Crippen LogP contribution in [0.15, 0.2) is 0 Å². The van der Waals surface area contributed by atoms with E-state index in [1.807, 2.05) is 5.32 Å². The number of piperidine rings is 1. The fraction of sp³-hybridized carbons (Fsp3) is 0.667. The average Bonchev–Trinajstić information content (AvgIpc) is 2.53. The van der Waals surface area contributed by atoms with Gasteiger partial charge in [0.25, 0.3) is 5.91 Å². The fourth-order valence-electron chi connectivity index (χ4n) is 2.15. The number of hydrogen-bond acceptors (Lipinski definition) is 3. The Labute approximate surface area is 99.5 Å². The van der Waals surface area contributed by atoms with Gasteiger partial charge in [0.1, 0.15) is 5.54 Å². The molecule has 0 aromatic rings. The Morgan fingerprint density at radius 2 is 1.78 bits per heavy atom. The topological polar surface area (TPSA) is 78.5 Å². The number of nitrogens with one attached hydrogen (secondary N) is 2. The lowest BCUT2D eigenvalue weighted by Crippen LogP contribution is -2.57. The van der Waals surface area contributed by atoms with Gasteiger partial charge in [-0.3, -0.25) is 14.9 Å². The molecule has 6 nitrogen and oxygen atoms in total. The van der Waals surface area contributed by atoms with E-state index in [-0.39, 0.29) is 25.9 Å². The van der Waals surface area contributed by atoms with Crippen molar-refractivity contribution in [2.75, 3.05) is 13.1 Å². The van der Waals surface area contributed by atoms with Crippen LogP contribution in [0.3, 0.4) is 0 Å². The first-order chi connectivity index (χ1) is 8.24.